The summed E-state index contributed by atoms with van der Waals surface area (Å²) < 4.78 is 20.5. The standard InChI is InChI=1S/C10H24B2O4/c1-13-11(14-2)9-7-5-6-8-10-12(15-3)16-4/h5-10H2,1-4H3. The van der Waals surface area contributed by atoms with Gasteiger partial charge in [-0.05, 0) is 12.6 Å². The van der Waals surface area contributed by atoms with E-state index >= 15 is 0 Å². The molecule has 6 heteroatoms. The predicted molar refractivity (Wildman–Crippen MR) is 67.6 cm³/mol. The van der Waals surface area contributed by atoms with Crippen LogP contribution < -0.4 is 0 Å². The van der Waals surface area contributed by atoms with Gasteiger partial charge in [0.1, 0.15) is 0 Å². The van der Waals surface area contributed by atoms with E-state index in [2.05, 4.69) is 0 Å². The lowest BCUT2D eigenvalue weighted by molar-refractivity contribution is 0.274. The zero-order chi connectivity index (χ0) is 12.2. The highest BCUT2D eigenvalue weighted by molar-refractivity contribution is 6.44. The molecule has 0 heterocycles. The number of unbranched alkanes of at least 4 members (excludes halogenated alkanes) is 3. The molecule has 4 nitrogen and oxygen atoms in total. The van der Waals surface area contributed by atoms with Crippen molar-refractivity contribution in [3.63, 3.8) is 0 Å². The van der Waals surface area contributed by atoms with Crippen molar-refractivity contribution in [2.45, 2.75) is 38.3 Å². The quantitative estimate of drug-likeness (QED) is 0.402. The van der Waals surface area contributed by atoms with Crippen LogP contribution in [-0.2, 0) is 18.6 Å². The van der Waals surface area contributed by atoms with E-state index in [-0.39, 0.29) is 14.2 Å². The molecule has 0 aromatic carbocycles. The van der Waals surface area contributed by atoms with Gasteiger partial charge in [-0.3, -0.25) is 0 Å². The van der Waals surface area contributed by atoms with E-state index in [1.54, 1.807) is 28.4 Å². The second-order valence-corrected chi connectivity index (χ2v) is 3.79. The minimum atomic E-state index is -0.0503. The molecule has 0 amide bonds. The summed E-state index contributed by atoms with van der Waals surface area (Å²) in [6, 6.07) is 0. The van der Waals surface area contributed by atoms with Crippen LogP contribution in [0.25, 0.3) is 0 Å². The van der Waals surface area contributed by atoms with Crippen LogP contribution in [0.1, 0.15) is 25.7 Å². The van der Waals surface area contributed by atoms with Crippen LogP contribution in [0.3, 0.4) is 0 Å². The maximum absolute atomic E-state index is 5.12. The maximum Gasteiger partial charge on any atom is 0.456 e. The van der Waals surface area contributed by atoms with Gasteiger partial charge in [-0.2, -0.15) is 0 Å². The Bertz CT molecular complexity index is 125. The minimum absolute atomic E-state index is 0.0503. The van der Waals surface area contributed by atoms with E-state index in [1.807, 2.05) is 0 Å². The Morgan fingerprint density at radius 3 is 1.12 bits per heavy atom. The molecule has 0 rings (SSSR count). The molecule has 16 heavy (non-hydrogen) atoms. The van der Waals surface area contributed by atoms with Gasteiger partial charge in [0, 0.05) is 28.4 Å². The summed E-state index contributed by atoms with van der Waals surface area (Å²) in [6.07, 6.45) is 6.59. The zero-order valence-electron chi connectivity index (χ0n) is 11.0. The molecule has 0 aliphatic carbocycles. The highest BCUT2D eigenvalue weighted by atomic mass is 16.6. The SMILES string of the molecule is COB(CCCCCCB(OC)OC)OC. The maximum atomic E-state index is 5.12. The van der Waals surface area contributed by atoms with Crippen molar-refractivity contribution in [1.82, 2.24) is 0 Å². The first-order valence-electron chi connectivity index (χ1n) is 5.89. The molecule has 0 atom stereocenters. The van der Waals surface area contributed by atoms with Gasteiger partial charge in [0.05, 0.1) is 0 Å². The highest BCUT2D eigenvalue weighted by Crippen LogP contribution is 2.10. The fourth-order valence-corrected chi connectivity index (χ4v) is 1.64. The van der Waals surface area contributed by atoms with Crippen molar-refractivity contribution < 1.29 is 18.6 Å². The molecule has 0 aromatic rings. The average Bonchev–Trinajstić information content (AvgIpc) is 2.33. The van der Waals surface area contributed by atoms with Crippen LogP contribution in [0.15, 0.2) is 0 Å². The molecule has 0 aliphatic rings. The molecule has 94 valence electrons. The van der Waals surface area contributed by atoms with E-state index in [1.165, 1.54) is 12.8 Å². The van der Waals surface area contributed by atoms with Crippen LogP contribution in [0.2, 0.25) is 12.6 Å². The molecule has 0 unspecified atom stereocenters. The number of rotatable bonds is 11. The van der Waals surface area contributed by atoms with E-state index in [0.717, 1.165) is 25.5 Å². The lowest BCUT2D eigenvalue weighted by atomic mass is 9.80. The van der Waals surface area contributed by atoms with Gasteiger partial charge in [0.2, 0.25) is 0 Å². The third kappa shape index (κ3) is 8.16. The number of hydrogen-bond acceptors (Lipinski definition) is 4. The van der Waals surface area contributed by atoms with Crippen molar-refractivity contribution in [1.29, 1.82) is 0 Å². The van der Waals surface area contributed by atoms with Gasteiger partial charge in [0.25, 0.3) is 0 Å². The Morgan fingerprint density at radius 1 is 0.562 bits per heavy atom. The van der Waals surface area contributed by atoms with Gasteiger partial charge in [-0.1, -0.05) is 25.7 Å². The second kappa shape index (κ2) is 11.5. The van der Waals surface area contributed by atoms with E-state index in [9.17, 15) is 0 Å². The Kier molecular flexibility index (Phi) is 11.4. The third-order valence-corrected chi connectivity index (χ3v) is 2.68. The smallest absolute Gasteiger partial charge is 0.414 e. The van der Waals surface area contributed by atoms with Crippen LogP contribution in [0, 0.1) is 0 Å². The molecule has 0 saturated carbocycles. The van der Waals surface area contributed by atoms with Crippen LogP contribution in [0.4, 0.5) is 0 Å². The third-order valence-electron chi connectivity index (χ3n) is 2.68. The first kappa shape index (κ1) is 16.0. The van der Waals surface area contributed by atoms with E-state index in [0.29, 0.717) is 0 Å². The van der Waals surface area contributed by atoms with E-state index in [4.69, 9.17) is 18.6 Å². The Hall–Kier alpha value is -0.0301. The van der Waals surface area contributed by atoms with Gasteiger partial charge in [-0.25, -0.2) is 0 Å². The summed E-state index contributed by atoms with van der Waals surface area (Å²) in [5.74, 6) is 0. The second-order valence-electron chi connectivity index (χ2n) is 3.79. The zero-order valence-corrected chi connectivity index (χ0v) is 11.0. The molecule has 0 bridgehead atoms. The lowest BCUT2D eigenvalue weighted by Crippen LogP contribution is -2.19. The molecule has 0 N–H and O–H groups in total. The number of hydrogen-bond donors (Lipinski definition) is 0. The van der Waals surface area contributed by atoms with Gasteiger partial charge in [0.15, 0.2) is 0 Å². The van der Waals surface area contributed by atoms with Crippen molar-refractivity contribution in [3.05, 3.63) is 0 Å². The fraction of sp³-hybridized carbons (Fsp3) is 1.00. The van der Waals surface area contributed by atoms with Crippen molar-refractivity contribution in [2.24, 2.45) is 0 Å². The molecular weight excluding hydrogens is 206 g/mol. The molecule has 0 aromatic heterocycles. The first-order chi connectivity index (χ1) is 7.78. The van der Waals surface area contributed by atoms with Crippen molar-refractivity contribution >= 4 is 14.2 Å². The Balaban J connectivity index is 3.26. The average molecular weight is 230 g/mol. The topological polar surface area (TPSA) is 36.9 Å². The van der Waals surface area contributed by atoms with Gasteiger partial charge < -0.3 is 18.6 Å². The molecule has 0 spiro atoms. The summed E-state index contributed by atoms with van der Waals surface area (Å²) in [7, 11) is 6.61. The lowest BCUT2D eigenvalue weighted by Gasteiger charge is -2.09. The minimum Gasteiger partial charge on any atom is -0.414 e. The summed E-state index contributed by atoms with van der Waals surface area (Å²) >= 11 is 0. The van der Waals surface area contributed by atoms with Crippen LogP contribution in [-0.4, -0.2) is 42.7 Å². The van der Waals surface area contributed by atoms with Crippen LogP contribution in [0.5, 0.6) is 0 Å². The summed E-state index contributed by atoms with van der Waals surface area (Å²) in [5.41, 5.74) is 0. The van der Waals surface area contributed by atoms with Crippen molar-refractivity contribution in [3.8, 4) is 0 Å². The fourth-order valence-electron chi connectivity index (χ4n) is 1.64. The normalized spacial score (nSPS) is 10.5. The van der Waals surface area contributed by atoms with E-state index < -0.39 is 0 Å². The Labute approximate surface area is 100 Å². The monoisotopic (exact) mass is 230 g/mol. The summed E-state index contributed by atoms with van der Waals surface area (Å²) in [4.78, 5) is 0. The summed E-state index contributed by atoms with van der Waals surface area (Å²) in [5, 5.41) is 0. The van der Waals surface area contributed by atoms with Crippen molar-refractivity contribution in [2.75, 3.05) is 28.4 Å². The summed E-state index contributed by atoms with van der Waals surface area (Å²) in [6.45, 7) is 0. The highest BCUT2D eigenvalue weighted by Gasteiger charge is 2.14. The molecule has 0 fully saturated rings. The van der Waals surface area contributed by atoms with Crippen LogP contribution >= 0.6 is 0 Å². The molecule has 0 radical (unpaired) electrons. The molecule has 0 aliphatic heterocycles. The largest absolute Gasteiger partial charge is 0.456 e. The first-order valence-corrected chi connectivity index (χ1v) is 5.89. The molecule has 0 saturated heterocycles. The van der Waals surface area contributed by atoms with Gasteiger partial charge in [-0.15, -0.1) is 0 Å². The van der Waals surface area contributed by atoms with Gasteiger partial charge >= 0.3 is 14.2 Å². The Morgan fingerprint density at radius 2 is 0.875 bits per heavy atom. The predicted octanol–water partition coefficient (Wildman–Crippen LogP) is 2.11. The molecular formula is C10H24B2O4.